The molecule has 0 atom stereocenters. The Morgan fingerprint density at radius 1 is 1.18 bits per heavy atom. The quantitative estimate of drug-likeness (QED) is 0.795. The van der Waals surface area contributed by atoms with Gasteiger partial charge in [-0.1, -0.05) is 26.0 Å². The number of esters is 1. The molecule has 1 aromatic carbocycles. The summed E-state index contributed by atoms with van der Waals surface area (Å²) in [4.78, 5) is 24.8. The van der Waals surface area contributed by atoms with E-state index >= 15 is 0 Å². The first-order valence-electron chi connectivity index (χ1n) is 7.34. The molecule has 0 saturated heterocycles. The molecule has 0 aliphatic rings. The molecule has 0 bridgehead atoms. The monoisotopic (exact) mass is 309 g/mol. The average molecular weight is 309 g/mol. The van der Waals surface area contributed by atoms with E-state index in [0.717, 1.165) is 5.56 Å². The van der Waals surface area contributed by atoms with Crippen LogP contribution < -0.4 is 0 Å². The van der Waals surface area contributed by atoms with Crippen molar-refractivity contribution in [2.45, 2.75) is 46.8 Å². The van der Waals surface area contributed by atoms with Gasteiger partial charge >= 0.3 is 12.1 Å². The van der Waals surface area contributed by atoms with E-state index in [0.29, 0.717) is 12.1 Å². The molecule has 22 heavy (non-hydrogen) atoms. The molecule has 5 nitrogen and oxygen atoms in total. The standard InChI is InChI=1S/C15H21NO4.C2H6/c1-15(2,3)20-14(18)16(4)10-11-7-6-8-12(9-11)13(17)19-5;1-2/h6-9H,10H2,1-5H3;1-2H3. The van der Waals surface area contributed by atoms with Crippen molar-refractivity contribution in [1.29, 1.82) is 0 Å². The van der Waals surface area contributed by atoms with Gasteiger partial charge in [0.05, 0.1) is 12.7 Å². The Kier molecular flexibility index (Phi) is 8.23. The summed E-state index contributed by atoms with van der Waals surface area (Å²) in [5.74, 6) is -0.397. The van der Waals surface area contributed by atoms with Crippen LogP contribution in [-0.2, 0) is 16.0 Å². The predicted octanol–water partition coefficient (Wildman–Crippen LogP) is 3.87. The zero-order chi connectivity index (χ0) is 17.3. The molecule has 0 radical (unpaired) electrons. The number of hydrogen-bond donors (Lipinski definition) is 0. The first kappa shape index (κ1) is 20.0. The van der Waals surface area contributed by atoms with Gasteiger partial charge in [0, 0.05) is 13.6 Å². The van der Waals surface area contributed by atoms with E-state index in [2.05, 4.69) is 4.74 Å². The van der Waals surface area contributed by atoms with E-state index in [-0.39, 0.29) is 0 Å². The summed E-state index contributed by atoms with van der Waals surface area (Å²) in [7, 11) is 2.99. The second-order valence-corrected chi connectivity index (χ2v) is 5.53. The smallest absolute Gasteiger partial charge is 0.410 e. The number of amides is 1. The third kappa shape index (κ3) is 7.11. The third-order valence-corrected chi connectivity index (χ3v) is 2.47. The lowest BCUT2D eigenvalue weighted by molar-refractivity contribution is 0.0285. The summed E-state index contributed by atoms with van der Waals surface area (Å²) in [6, 6.07) is 6.97. The molecule has 0 N–H and O–H groups in total. The number of rotatable bonds is 3. The van der Waals surface area contributed by atoms with Crippen molar-refractivity contribution in [2.24, 2.45) is 0 Å². The fraction of sp³-hybridized carbons (Fsp3) is 0.529. The Morgan fingerprint density at radius 2 is 1.77 bits per heavy atom. The molecule has 0 aliphatic heterocycles. The molecule has 124 valence electrons. The summed E-state index contributed by atoms with van der Waals surface area (Å²) >= 11 is 0. The van der Waals surface area contributed by atoms with E-state index in [1.165, 1.54) is 12.0 Å². The molecule has 1 rings (SSSR count). The zero-order valence-electron chi connectivity index (χ0n) is 14.6. The molecule has 0 aliphatic carbocycles. The number of methoxy groups -OCH3 is 1. The van der Waals surface area contributed by atoms with Gasteiger partial charge in [0.15, 0.2) is 0 Å². The molecule has 0 saturated carbocycles. The van der Waals surface area contributed by atoms with Gasteiger partial charge in [-0.15, -0.1) is 0 Å². The Bertz CT molecular complexity index is 492. The second kappa shape index (κ2) is 9.07. The van der Waals surface area contributed by atoms with Crippen molar-refractivity contribution in [3.8, 4) is 0 Å². The van der Waals surface area contributed by atoms with Crippen LogP contribution in [-0.4, -0.2) is 36.7 Å². The number of hydrogen-bond acceptors (Lipinski definition) is 4. The molecule has 0 unspecified atom stereocenters. The lowest BCUT2D eigenvalue weighted by Gasteiger charge is -2.24. The molecule has 0 spiro atoms. The Labute approximate surface area is 133 Å². The molecule has 1 amide bonds. The maximum atomic E-state index is 11.9. The van der Waals surface area contributed by atoms with Crippen LogP contribution >= 0.6 is 0 Å². The van der Waals surface area contributed by atoms with Crippen LogP contribution in [0.1, 0.15) is 50.5 Å². The van der Waals surface area contributed by atoms with E-state index in [4.69, 9.17) is 4.74 Å². The highest BCUT2D eigenvalue weighted by Crippen LogP contribution is 2.12. The summed E-state index contributed by atoms with van der Waals surface area (Å²) in [5.41, 5.74) is 0.767. The van der Waals surface area contributed by atoms with Crippen molar-refractivity contribution < 1.29 is 19.1 Å². The number of nitrogens with zero attached hydrogens (tertiary/aromatic N) is 1. The summed E-state index contributed by atoms with van der Waals surface area (Å²) in [6.07, 6.45) is -0.402. The van der Waals surface area contributed by atoms with E-state index in [1.807, 2.05) is 40.7 Å². The van der Waals surface area contributed by atoms with Gasteiger partial charge < -0.3 is 14.4 Å². The molecule has 1 aromatic rings. The van der Waals surface area contributed by atoms with Gasteiger partial charge in [-0.2, -0.15) is 0 Å². The maximum absolute atomic E-state index is 11.9. The van der Waals surface area contributed by atoms with Crippen LogP contribution in [0.2, 0.25) is 0 Å². The minimum atomic E-state index is -0.529. The van der Waals surface area contributed by atoms with Gasteiger partial charge in [-0.3, -0.25) is 0 Å². The summed E-state index contributed by atoms with van der Waals surface area (Å²) < 4.78 is 9.93. The second-order valence-electron chi connectivity index (χ2n) is 5.53. The highest BCUT2D eigenvalue weighted by atomic mass is 16.6. The van der Waals surface area contributed by atoms with Gasteiger partial charge in [0.25, 0.3) is 0 Å². The topological polar surface area (TPSA) is 55.8 Å². The van der Waals surface area contributed by atoms with Crippen molar-refractivity contribution >= 4 is 12.1 Å². The Balaban J connectivity index is 0.00000211. The van der Waals surface area contributed by atoms with Crippen LogP contribution in [0.25, 0.3) is 0 Å². The van der Waals surface area contributed by atoms with Gasteiger partial charge in [0.2, 0.25) is 0 Å². The summed E-state index contributed by atoms with van der Waals surface area (Å²) in [5, 5.41) is 0. The Hall–Kier alpha value is -2.04. The van der Waals surface area contributed by atoms with Crippen LogP contribution in [0.5, 0.6) is 0 Å². The minimum Gasteiger partial charge on any atom is -0.465 e. The van der Waals surface area contributed by atoms with Gasteiger partial charge in [-0.05, 0) is 38.5 Å². The largest absolute Gasteiger partial charge is 0.465 e. The fourth-order valence-electron chi connectivity index (χ4n) is 1.59. The molecular formula is C17H27NO4. The molecule has 0 aromatic heterocycles. The first-order chi connectivity index (χ1) is 10.2. The minimum absolute atomic E-state index is 0.361. The lowest BCUT2D eigenvalue weighted by atomic mass is 10.1. The molecule has 0 heterocycles. The number of ether oxygens (including phenoxy) is 2. The SMILES string of the molecule is CC.COC(=O)c1cccc(CN(C)C(=O)OC(C)(C)C)c1. The van der Waals surface area contributed by atoms with Gasteiger partial charge in [-0.25, -0.2) is 9.59 Å². The maximum Gasteiger partial charge on any atom is 0.410 e. The highest BCUT2D eigenvalue weighted by Gasteiger charge is 2.19. The van der Waals surface area contributed by atoms with Crippen LogP contribution in [0.3, 0.4) is 0 Å². The number of benzene rings is 1. The number of carbonyl (C=O) groups is 2. The molecule has 0 fully saturated rings. The van der Waals surface area contributed by atoms with E-state index < -0.39 is 17.7 Å². The average Bonchev–Trinajstić information content (AvgIpc) is 2.47. The van der Waals surface area contributed by atoms with Crippen molar-refractivity contribution in [2.75, 3.05) is 14.2 Å². The van der Waals surface area contributed by atoms with Gasteiger partial charge in [0.1, 0.15) is 5.60 Å². The number of carbonyl (C=O) groups excluding carboxylic acids is 2. The molecule has 5 heteroatoms. The van der Waals surface area contributed by atoms with Crippen molar-refractivity contribution in [3.05, 3.63) is 35.4 Å². The zero-order valence-corrected chi connectivity index (χ0v) is 14.6. The lowest BCUT2D eigenvalue weighted by Crippen LogP contribution is -2.33. The van der Waals surface area contributed by atoms with Crippen LogP contribution in [0.15, 0.2) is 24.3 Å². The Morgan fingerprint density at radius 3 is 2.27 bits per heavy atom. The first-order valence-corrected chi connectivity index (χ1v) is 7.34. The van der Waals surface area contributed by atoms with Crippen molar-refractivity contribution in [1.82, 2.24) is 4.90 Å². The molecular weight excluding hydrogens is 282 g/mol. The highest BCUT2D eigenvalue weighted by molar-refractivity contribution is 5.89. The fourth-order valence-corrected chi connectivity index (χ4v) is 1.59. The van der Waals surface area contributed by atoms with Crippen LogP contribution in [0, 0.1) is 0 Å². The third-order valence-electron chi connectivity index (χ3n) is 2.47. The van der Waals surface area contributed by atoms with Crippen molar-refractivity contribution in [3.63, 3.8) is 0 Å². The predicted molar refractivity (Wildman–Crippen MR) is 86.8 cm³/mol. The summed E-state index contributed by atoms with van der Waals surface area (Å²) in [6.45, 7) is 9.81. The normalized spacial score (nSPS) is 10.1. The van der Waals surface area contributed by atoms with Crippen LogP contribution in [0.4, 0.5) is 4.79 Å². The van der Waals surface area contributed by atoms with E-state index in [1.54, 1.807) is 25.2 Å². The van der Waals surface area contributed by atoms with E-state index in [9.17, 15) is 9.59 Å².